The Labute approximate surface area is 200 Å². The molecule has 3 aromatic rings. The summed E-state index contributed by atoms with van der Waals surface area (Å²) >= 11 is 0. The topological polar surface area (TPSA) is 88.0 Å². The number of aliphatic hydroxyl groups is 1. The van der Waals surface area contributed by atoms with Crippen molar-refractivity contribution >= 4 is 18.4 Å². The van der Waals surface area contributed by atoms with E-state index in [0.29, 0.717) is 32.1 Å². The highest BCUT2D eigenvalue weighted by Crippen LogP contribution is 2.29. The van der Waals surface area contributed by atoms with Gasteiger partial charge in [-0.2, -0.15) is 0 Å². The van der Waals surface area contributed by atoms with Crippen LogP contribution in [0.2, 0.25) is 0 Å². The van der Waals surface area contributed by atoms with Crippen LogP contribution in [0, 0.1) is 0 Å². The van der Waals surface area contributed by atoms with Gasteiger partial charge in [0.05, 0.1) is 12.7 Å². The zero-order valence-corrected chi connectivity index (χ0v) is 19.4. The van der Waals surface area contributed by atoms with Crippen molar-refractivity contribution in [1.82, 2.24) is 5.32 Å². The molecular weight excluding hydrogens is 442 g/mol. The van der Waals surface area contributed by atoms with Crippen LogP contribution in [-0.4, -0.2) is 42.5 Å². The molecule has 1 atom stereocenters. The number of carbonyl (C=O) groups is 1. The van der Waals surface area contributed by atoms with Gasteiger partial charge in [0.2, 0.25) is 0 Å². The Bertz CT molecular complexity index is 995. The monoisotopic (exact) mass is 471 g/mol. The minimum atomic E-state index is -1.00. The molecule has 0 radical (unpaired) electrons. The summed E-state index contributed by atoms with van der Waals surface area (Å²) in [4.78, 5) is 11.4. The van der Waals surface area contributed by atoms with Crippen LogP contribution in [0.25, 0.3) is 11.1 Å². The standard InChI is InChI=1S/C26H29NO5.ClH/c1-2-15-32-25-17-21(10-13-23(25)26(29)30)19-8-11-22(12-9-19)31-16-14-27-18-24(28)20-6-4-3-5-7-20;/h3-13,17,24,27-28H,2,14-16,18H2,1H3,(H,29,30);1H/t24-;/m0./s1. The third kappa shape index (κ3) is 7.79. The summed E-state index contributed by atoms with van der Waals surface area (Å²) in [5.74, 6) is 0.112. The summed E-state index contributed by atoms with van der Waals surface area (Å²) in [6.07, 6.45) is 0.254. The lowest BCUT2D eigenvalue weighted by molar-refractivity contribution is 0.0692. The second kappa shape index (κ2) is 13.5. The van der Waals surface area contributed by atoms with Gasteiger partial charge in [-0.3, -0.25) is 0 Å². The van der Waals surface area contributed by atoms with Crippen LogP contribution in [-0.2, 0) is 0 Å². The summed E-state index contributed by atoms with van der Waals surface area (Å²) in [6.45, 7) is 3.99. The SMILES string of the molecule is CCCOc1cc(-c2ccc(OCCNC[C@H](O)c3ccccc3)cc2)ccc1C(=O)O.Cl. The molecule has 0 aliphatic carbocycles. The van der Waals surface area contributed by atoms with Crippen LogP contribution in [0.1, 0.15) is 35.4 Å². The molecule has 0 fully saturated rings. The Morgan fingerprint density at radius 1 is 0.939 bits per heavy atom. The number of carboxylic acid groups (broad SMARTS) is 1. The molecular formula is C26H30ClNO5. The first-order valence-corrected chi connectivity index (χ1v) is 10.8. The van der Waals surface area contributed by atoms with E-state index in [1.807, 2.05) is 61.5 Å². The Hall–Kier alpha value is -3.06. The first-order valence-electron chi connectivity index (χ1n) is 10.8. The first kappa shape index (κ1) is 26.2. The third-order valence-corrected chi connectivity index (χ3v) is 4.93. The second-order valence-electron chi connectivity index (χ2n) is 7.37. The molecule has 0 aromatic heterocycles. The Morgan fingerprint density at radius 2 is 1.64 bits per heavy atom. The number of aromatic carboxylic acids is 1. The Kier molecular flexibility index (Phi) is 10.7. The largest absolute Gasteiger partial charge is 0.493 e. The average Bonchev–Trinajstić information content (AvgIpc) is 2.83. The molecule has 0 amide bonds. The number of rotatable bonds is 12. The van der Waals surface area contributed by atoms with Gasteiger partial charge in [0.25, 0.3) is 0 Å². The van der Waals surface area contributed by atoms with Gasteiger partial charge in [-0.05, 0) is 47.4 Å². The van der Waals surface area contributed by atoms with Crippen molar-refractivity contribution in [3.05, 3.63) is 83.9 Å². The van der Waals surface area contributed by atoms with Crippen LogP contribution < -0.4 is 14.8 Å². The molecule has 0 saturated carbocycles. The highest BCUT2D eigenvalue weighted by atomic mass is 35.5. The van der Waals surface area contributed by atoms with Gasteiger partial charge in [-0.25, -0.2) is 4.79 Å². The van der Waals surface area contributed by atoms with Crippen molar-refractivity contribution in [3.8, 4) is 22.6 Å². The van der Waals surface area contributed by atoms with E-state index in [9.17, 15) is 15.0 Å². The molecule has 0 aliphatic heterocycles. The summed E-state index contributed by atoms with van der Waals surface area (Å²) in [6, 6.07) is 22.3. The van der Waals surface area contributed by atoms with E-state index in [1.54, 1.807) is 18.2 Å². The van der Waals surface area contributed by atoms with Crippen molar-refractivity contribution in [1.29, 1.82) is 0 Å². The fourth-order valence-electron chi connectivity index (χ4n) is 3.23. The number of carboxylic acids is 1. The molecule has 0 saturated heterocycles. The molecule has 3 rings (SSSR count). The summed E-state index contributed by atoms with van der Waals surface area (Å²) in [5, 5.41) is 22.7. The third-order valence-electron chi connectivity index (χ3n) is 4.93. The maximum atomic E-state index is 11.4. The molecule has 0 heterocycles. The number of nitrogens with one attached hydrogen (secondary N) is 1. The maximum Gasteiger partial charge on any atom is 0.339 e. The Morgan fingerprint density at radius 3 is 2.30 bits per heavy atom. The van der Waals surface area contributed by atoms with Crippen LogP contribution >= 0.6 is 12.4 Å². The predicted molar refractivity (Wildman–Crippen MR) is 132 cm³/mol. The molecule has 0 unspecified atom stereocenters. The number of hydrogen-bond donors (Lipinski definition) is 3. The predicted octanol–water partition coefficient (Wildman–Crippen LogP) is 4.96. The highest BCUT2D eigenvalue weighted by molar-refractivity contribution is 5.92. The van der Waals surface area contributed by atoms with Gasteiger partial charge < -0.3 is 25.0 Å². The average molecular weight is 472 g/mol. The zero-order chi connectivity index (χ0) is 22.8. The molecule has 33 heavy (non-hydrogen) atoms. The van der Waals surface area contributed by atoms with E-state index in [-0.39, 0.29) is 18.0 Å². The van der Waals surface area contributed by atoms with Crippen LogP contribution in [0.3, 0.4) is 0 Å². The first-order chi connectivity index (χ1) is 15.6. The lowest BCUT2D eigenvalue weighted by Gasteiger charge is -2.13. The summed E-state index contributed by atoms with van der Waals surface area (Å²) < 4.78 is 11.4. The Balaban J connectivity index is 0.00000385. The van der Waals surface area contributed by atoms with Crippen LogP contribution in [0.4, 0.5) is 0 Å². The lowest BCUT2D eigenvalue weighted by Crippen LogP contribution is -2.26. The number of benzene rings is 3. The quantitative estimate of drug-likeness (QED) is 0.323. The summed E-state index contributed by atoms with van der Waals surface area (Å²) in [7, 11) is 0. The highest BCUT2D eigenvalue weighted by Gasteiger charge is 2.13. The minimum Gasteiger partial charge on any atom is -0.493 e. The van der Waals surface area contributed by atoms with E-state index >= 15 is 0 Å². The molecule has 0 aliphatic rings. The van der Waals surface area contributed by atoms with E-state index in [1.165, 1.54) is 0 Å². The molecule has 7 heteroatoms. The second-order valence-corrected chi connectivity index (χ2v) is 7.37. The van der Waals surface area contributed by atoms with Gasteiger partial charge in [0, 0.05) is 13.1 Å². The van der Waals surface area contributed by atoms with Gasteiger partial charge in [0.1, 0.15) is 23.7 Å². The zero-order valence-electron chi connectivity index (χ0n) is 18.6. The molecule has 3 N–H and O–H groups in total. The van der Waals surface area contributed by atoms with Crippen molar-refractivity contribution in [2.45, 2.75) is 19.4 Å². The van der Waals surface area contributed by atoms with Crippen molar-refractivity contribution in [3.63, 3.8) is 0 Å². The van der Waals surface area contributed by atoms with E-state index in [4.69, 9.17) is 9.47 Å². The molecule has 0 spiro atoms. The van der Waals surface area contributed by atoms with Gasteiger partial charge >= 0.3 is 5.97 Å². The molecule has 3 aromatic carbocycles. The van der Waals surface area contributed by atoms with Gasteiger partial charge in [0.15, 0.2) is 0 Å². The van der Waals surface area contributed by atoms with E-state index < -0.39 is 12.1 Å². The number of ether oxygens (including phenoxy) is 2. The van der Waals surface area contributed by atoms with Crippen LogP contribution in [0.15, 0.2) is 72.8 Å². The van der Waals surface area contributed by atoms with Crippen molar-refractivity contribution < 1.29 is 24.5 Å². The number of aliphatic hydroxyl groups excluding tert-OH is 1. The van der Waals surface area contributed by atoms with Crippen LogP contribution in [0.5, 0.6) is 11.5 Å². The van der Waals surface area contributed by atoms with E-state index in [0.717, 1.165) is 28.9 Å². The summed E-state index contributed by atoms with van der Waals surface area (Å²) in [5.41, 5.74) is 2.87. The van der Waals surface area contributed by atoms with Crippen molar-refractivity contribution in [2.75, 3.05) is 26.3 Å². The number of halogens is 1. The fourth-order valence-corrected chi connectivity index (χ4v) is 3.23. The molecule has 0 bridgehead atoms. The van der Waals surface area contributed by atoms with Gasteiger partial charge in [-0.15, -0.1) is 12.4 Å². The van der Waals surface area contributed by atoms with E-state index in [2.05, 4.69) is 5.32 Å². The smallest absolute Gasteiger partial charge is 0.339 e. The molecule has 6 nitrogen and oxygen atoms in total. The normalized spacial score (nSPS) is 11.3. The lowest BCUT2D eigenvalue weighted by atomic mass is 10.0. The maximum absolute atomic E-state index is 11.4. The molecule has 176 valence electrons. The van der Waals surface area contributed by atoms with Crippen molar-refractivity contribution in [2.24, 2.45) is 0 Å². The minimum absolute atomic E-state index is 0. The fraction of sp³-hybridized carbons (Fsp3) is 0.269. The van der Waals surface area contributed by atoms with Gasteiger partial charge in [-0.1, -0.05) is 55.5 Å². The number of hydrogen-bond acceptors (Lipinski definition) is 5.